The van der Waals surface area contributed by atoms with Crippen molar-refractivity contribution in [2.75, 3.05) is 0 Å². The molecule has 1 unspecified atom stereocenters. The van der Waals surface area contributed by atoms with Gasteiger partial charge in [0.05, 0.1) is 10.6 Å². The lowest BCUT2D eigenvalue weighted by Gasteiger charge is -2.38. The molecule has 1 aliphatic heterocycles. The van der Waals surface area contributed by atoms with Crippen LogP contribution in [0.5, 0.6) is 0 Å². The molecular formula is C19H15ClN2O4. The third-order valence-electron chi connectivity index (χ3n) is 4.48. The number of hydrogen-bond acceptors (Lipinski definition) is 4. The molecule has 1 saturated heterocycles. The van der Waals surface area contributed by atoms with E-state index in [0.717, 1.165) is 0 Å². The molecule has 0 saturated carbocycles. The third kappa shape index (κ3) is 2.59. The van der Waals surface area contributed by atoms with Crippen molar-refractivity contribution in [1.82, 2.24) is 10.2 Å². The van der Waals surface area contributed by atoms with Gasteiger partial charge >= 0.3 is 6.03 Å². The van der Waals surface area contributed by atoms with Crippen molar-refractivity contribution in [1.29, 1.82) is 0 Å². The maximum absolute atomic E-state index is 13.2. The molecule has 3 rings (SSSR count). The van der Waals surface area contributed by atoms with Crippen molar-refractivity contribution in [3.63, 3.8) is 0 Å². The maximum Gasteiger partial charge on any atom is 0.338 e. The number of rotatable bonds is 3. The van der Waals surface area contributed by atoms with Gasteiger partial charge in [0, 0.05) is 0 Å². The van der Waals surface area contributed by atoms with E-state index in [1.165, 1.54) is 12.1 Å². The quantitative estimate of drug-likeness (QED) is 0.665. The van der Waals surface area contributed by atoms with Gasteiger partial charge in [-0.3, -0.25) is 19.7 Å². The number of carbonyl (C=O) groups is 4. The first-order valence-corrected chi connectivity index (χ1v) is 8.35. The van der Waals surface area contributed by atoms with Gasteiger partial charge in [0.15, 0.2) is 5.41 Å². The van der Waals surface area contributed by atoms with Gasteiger partial charge in [0.1, 0.15) is 0 Å². The number of halogens is 1. The Morgan fingerprint density at radius 1 is 1.04 bits per heavy atom. The Hall–Kier alpha value is -2.99. The van der Waals surface area contributed by atoms with Gasteiger partial charge in [0.2, 0.25) is 5.91 Å². The zero-order valence-electron chi connectivity index (χ0n) is 13.9. The van der Waals surface area contributed by atoms with E-state index in [4.69, 9.17) is 11.6 Å². The van der Waals surface area contributed by atoms with Gasteiger partial charge < -0.3 is 0 Å². The van der Waals surface area contributed by atoms with Crippen molar-refractivity contribution in [3.05, 3.63) is 70.7 Å². The number of nitrogens with one attached hydrogen (secondary N) is 1. The van der Waals surface area contributed by atoms with Gasteiger partial charge in [-0.15, -0.1) is 0 Å². The highest BCUT2D eigenvalue weighted by Crippen LogP contribution is 2.34. The Morgan fingerprint density at radius 3 is 2.27 bits per heavy atom. The summed E-state index contributed by atoms with van der Waals surface area (Å²) in [6, 6.07) is 13.4. The number of carbonyl (C=O) groups excluding carboxylic acids is 4. The average Bonchev–Trinajstić information content (AvgIpc) is 2.63. The smallest absolute Gasteiger partial charge is 0.276 e. The second kappa shape index (κ2) is 6.72. The zero-order valence-corrected chi connectivity index (χ0v) is 14.6. The summed E-state index contributed by atoms with van der Waals surface area (Å²) in [4.78, 5) is 51.4. The molecule has 0 bridgehead atoms. The van der Waals surface area contributed by atoms with Gasteiger partial charge in [-0.25, -0.2) is 4.79 Å². The van der Waals surface area contributed by atoms with E-state index in [1.807, 2.05) is 0 Å². The Morgan fingerprint density at radius 2 is 1.65 bits per heavy atom. The molecule has 0 radical (unpaired) electrons. The molecule has 0 aromatic heterocycles. The first kappa shape index (κ1) is 17.8. The monoisotopic (exact) mass is 370 g/mol. The van der Waals surface area contributed by atoms with E-state index in [0.29, 0.717) is 10.5 Å². The summed E-state index contributed by atoms with van der Waals surface area (Å²) in [7, 11) is 0. The van der Waals surface area contributed by atoms with Crippen LogP contribution in [0.2, 0.25) is 5.02 Å². The lowest BCUT2D eigenvalue weighted by atomic mass is 9.74. The number of amides is 5. The highest BCUT2D eigenvalue weighted by atomic mass is 35.5. The van der Waals surface area contributed by atoms with Crippen molar-refractivity contribution in [2.24, 2.45) is 0 Å². The van der Waals surface area contributed by atoms with E-state index < -0.39 is 29.2 Å². The molecule has 6 nitrogen and oxygen atoms in total. The summed E-state index contributed by atoms with van der Waals surface area (Å²) < 4.78 is 0. The van der Waals surface area contributed by atoms with Crippen LogP contribution in [0, 0.1) is 0 Å². The SMILES string of the molecule is CCC1(c2ccccc2)C(=O)NC(=O)N(C(=O)c2ccccc2Cl)C1=O. The predicted molar refractivity (Wildman–Crippen MR) is 94.6 cm³/mol. The lowest BCUT2D eigenvalue weighted by molar-refractivity contribution is -0.143. The second-order valence-electron chi connectivity index (χ2n) is 5.81. The number of hydrogen-bond donors (Lipinski definition) is 1. The molecular weight excluding hydrogens is 356 g/mol. The summed E-state index contributed by atoms with van der Waals surface area (Å²) in [6.07, 6.45) is 0.0846. The van der Waals surface area contributed by atoms with E-state index >= 15 is 0 Å². The van der Waals surface area contributed by atoms with E-state index in [2.05, 4.69) is 5.32 Å². The minimum absolute atomic E-state index is 0.00470. The Labute approximate surface area is 154 Å². The molecule has 0 spiro atoms. The Bertz CT molecular complexity index is 913. The first-order chi connectivity index (χ1) is 12.4. The molecule has 7 heteroatoms. The normalized spacial score (nSPS) is 20.1. The fourth-order valence-corrected chi connectivity index (χ4v) is 3.29. The van der Waals surface area contributed by atoms with E-state index in [9.17, 15) is 19.2 Å². The summed E-state index contributed by atoms with van der Waals surface area (Å²) in [5, 5.41) is 2.24. The van der Waals surface area contributed by atoms with Crippen molar-refractivity contribution >= 4 is 35.4 Å². The van der Waals surface area contributed by atoms with Gasteiger partial charge in [-0.05, 0) is 24.1 Å². The molecule has 1 atom stereocenters. The molecule has 0 aliphatic carbocycles. The van der Waals surface area contributed by atoms with Crippen molar-refractivity contribution in [2.45, 2.75) is 18.8 Å². The van der Waals surface area contributed by atoms with E-state index in [-0.39, 0.29) is 17.0 Å². The van der Waals surface area contributed by atoms with Crippen LogP contribution in [-0.4, -0.2) is 28.7 Å². The fourth-order valence-electron chi connectivity index (χ4n) is 3.07. The largest absolute Gasteiger partial charge is 0.338 e. The summed E-state index contributed by atoms with van der Waals surface area (Å²) in [5.41, 5.74) is -1.24. The van der Waals surface area contributed by atoms with Crippen molar-refractivity contribution in [3.8, 4) is 0 Å². The minimum atomic E-state index is -1.66. The highest BCUT2D eigenvalue weighted by Gasteiger charge is 2.55. The number of benzene rings is 2. The minimum Gasteiger partial charge on any atom is -0.276 e. The first-order valence-electron chi connectivity index (χ1n) is 7.97. The summed E-state index contributed by atoms with van der Waals surface area (Å²) in [6.45, 7) is 1.65. The Balaban J connectivity index is 2.12. The number of urea groups is 1. The van der Waals surface area contributed by atoms with Crippen LogP contribution in [0.4, 0.5) is 4.79 Å². The van der Waals surface area contributed by atoms with E-state index in [1.54, 1.807) is 49.4 Å². The average molecular weight is 371 g/mol. The maximum atomic E-state index is 13.2. The number of barbiturate groups is 1. The molecule has 1 fully saturated rings. The van der Waals surface area contributed by atoms with Crippen LogP contribution in [0.1, 0.15) is 29.3 Å². The molecule has 1 N–H and O–H groups in total. The zero-order chi connectivity index (χ0) is 18.9. The number of imide groups is 4. The summed E-state index contributed by atoms with van der Waals surface area (Å²) in [5.74, 6) is -2.51. The van der Waals surface area contributed by atoms with Crippen LogP contribution >= 0.6 is 11.6 Å². The van der Waals surface area contributed by atoms with Gasteiger partial charge in [0.25, 0.3) is 11.8 Å². The molecule has 132 valence electrons. The highest BCUT2D eigenvalue weighted by molar-refractivity contribution is 6.36. The molecule has 1 heterocycles. The lowest BCUT2D eigenvalue weighted by Crippen LogP contribution is -2.67. The third-order valence-corrected chi connectivity index (χ3v) is 4.81. The van der Waals surface area contributed by atoms with Gasteiger partial charge in [-0.2, -0.15) is 4.90 Å². The van der Waals surface area contributed by atoms with Crippen molar-refractivity contribution < 1.29 is 19.2 Å². The van der Waals surface area contributed by atoms with Crippen LogP contribution in [-0.2, 0) is 15.0 Å². The van der Waals surface area contributed by atoms with Gasteiger partial charge in [-0.1, -0.05) is 61.0 Å². The number of nitrogens with zero attached hydrogens (tertiary/aromatic N) is 1. The predicted octanol–water partition coefficient (Wildman–Crippen LogP) is 2.91. The molecule has 26 heavy (non-hydrogen) atoms. The molecule has 2 aromatic rings. The van der Waals surface area contributed by atoms with Crippen LogP contribution < -0.4 is 5.32 Å². The second-order valence-corrected chi connectivity index (χ2v) is 6.22. The standard InChI is InChI=1S/C19H15ClN2O4/c1-2-19(12-8-4-3-5-9-12)16(24)21-18(26)22(17(19)25)15(23)13-10-6-7-11-14(13)20/h3-11H,2H2,1H3,(H,21,24,26). The van der Waals surface area contributed by atoms with Crippen LogP contribution in [0.15, 0.2) is 54.6 Å². The van der Waals surface area contributed by atoms with Crippen LogP contribution in [0.3, 0.4) is 0 Å². The molecule has 1 aliphatic rings. The molecule has 2 aromatic carbocycles. The molecule has 5 amide bonds. The fraction of sp³-hybridized carbons (Fsp3) is 0.158. The topological polar surface area (TPSA) is 83.6 Å². The van der Waals surface area contributed by atoms with Crippen LogP contribution in [0.25, 0.3) is 0 Å². The summed E-state index contributed by atoms with van der Waals surface area (Å²) >= 11 is 6.03. The Kier molecular flexibility index (Phi) is 4.61.